The highest BCUT2D eigenvalue weighted by molar-refractivity contribution is 7.80. The third-order valence-corrected chi connectivity index (χ3v) is 2.85. The first-order valence-corrected chi connectivity index (χ1v) is 5.73. The lowest BCUT2D eigenvalue weighted by Gasteiger charge is -2.11. The van der Waals surface area contributed by atoms with Gasteiger partial charge < -0.3 is 10.6 Å². The molecule has 15 heavy (non-hydrogen) atoms. The topological polar surface area (TPSA) is 49.8 Å². The Morgan fingerprint density at radius 3 is 2.73 bits per heavy atom. The molecule has 1 aromatic heterocycles. The van der Waals surface area contributed by atoms with Crippen molar-refractivity contribution < 1.29 is 0 Å². The minimum Gasteiger partial charge on any atom is -0.366 e. The van der Waals surface area contributed by atoms with Crippen molar-refractivity contribution in [2.75, 3.05) is 17.2 Å². The summed E-state index contributed by atoms with van der Waals surface area (Å²) in [6.07, 6.45) is 2.46. The third-order valence-electron chi connectivity index (χ3n) is 2.31. The molecule has 1 fully saturated rings. The van der Waals surface area contributed by atoms with Crippen LogP contribution in [0, 0.1) is 6.92 Å². The molecule has 1 aliphatic rings. The zero-order valence-electron chi connectivity index (χ0n) is 9.04. The molecule has 0 bridgehead atoms. The average Bonchev–Trinajstić information content (AvgIpc) is 2.98. The van der Waals surface area contributed by atoms with Crippen molar-refractivity contribution in [3.63, 3.8) is 0 Å². The number of nitrogens with one attached hydrogen (secondary N) is 2. The van der Waals surface area contributed by atoms with Crippen LogP contribution in [0.1, 0.15) is 25.5 Å². The van der Waals surface area contributed by atoms with Crippen molar-refractivity contribution in [2.45, 2.75) is 37.6 Å². The molecule has 0 saturated heterocycles. The van der Waals surface area contributed by atoms with E-state index in [9.17, 15) is 0 Å². The fraction of sp³-hybridized carbons (Fsp3) is 0.600. The number of aryl methyl sites for hydroxylation is 1. The maximum absolute atomic E-state index is 4.41. The Hall–Kier alpha value is -0.970. The minimum atomic E-state index is 0.583. The standard InChI is InChI=1S/C10H16N4S/c1-3-11-10-12-6(2)8(15)9(14-10)13-7-4-5-7/h7,15H,3-5H2,1-2H3,(H2,11,12,13,14). The van der Waals surface area contributed by atoms with Gasteiger partial charge in [-0.05, 0) is 26.7 Å². The molecule has 0 spiro atoms. The summed E-state index contributed by atoms with van der Waals surface area (Å²) in [7, 11) is 0. The second kappa shape index (κ2) is 4.26. The quantitative estimate of drug-likeness (QED) is 0.685. The zero-order chi connectivity index (χ0) is 10.8. The van der Waals surface area contributed by atoms with Crippen molar-refractivity contribution in [1.29, 1.82) is 0 Å². The molecule has 2 rings (SSSR count). The third kappa shape index (κ3) is 2.53. The highest BCUT2D eigenvalue weighted by Crippen LogP contribution is 2.28. The van der Waals surface area contributed by atoms with Gasteiger partial charge in [-0.3, -0.25) is 0 Å². The molecule has 0 atom stereocenters. The van der Waals surface area contributed by atoms with Crippen LogP contribution in [-0.2, 0) is 0 Å². The molecule has 1 saturated carbocycles. The van der Waals surface area contributed by atoms with Crippen LogP contribution in [0.3, 0.4) is 0 Å². The molecule has 5 heteroatoms. The van der Waals surface area contributed by atoms with Gasteiger partial charge in [0.2, 0.25) is 5.95 Å². The lowest BCUT2D eigenvalue weighted by Crippen LogP contribution is -2.10. The van der Waals surface area contributed by atoms with E-state index >= 15 is 0 Å². The number of thiol groups is 1. The Balaban J connectivity index is 2.24. The second-order valence-corrected chi connectivity index (χ2v) is 4.23. The predicted molar refractivity (Wildman–Crippen MR) is 64.8 cm³/mol. The van der Waals surface area contributed by atoms with E-state index in [1.54, 1.807) is 0 Å². The molecular formula is C10H16N4S. The first-order chi connectivity index (χ1) is 7.20. The zero-order valence-corrected chi connectivity index (χ0v) is 9.93. The van der Waals surface area contributed by atoms with Crippen LogP contribution < -0.4 is 10.6 Å². The Kier molecular flexibility index (Phi) is 3.00. The summed E-state index contributed by atoms with van der Waals surface area (Å²) >= 11 is 4.41. The van der Waals surface area contributed by atoms with Crippen molar-refractivity contribution in [3.05, 3.63) is 5.69 Å². The first kappa shape index (κ1) is 10.5. The van der Waals surface area contributed by atoms with Gasteiger partial charge in [-0.15, -0.1) is 12.6 Å². The van der Waals surface area contributed by atoms with Gasteiger partial charge in [-0.1, -0.05) is 0 Å². The SMILES string of the molecule is CCNc1nc(C)c(S)c(NC2CC2)n1. The van der Waals surface area contributed by atoms with Crippen LogP contribution in [0.15, 0.2) is 4.90 Å². The van der Waals surface area contributed by atoms with Gasteiger partial charge in [0, 0.05) is 12.6 Å². The Morgan fingerprint density at radius 1 is 1.40 bits per heavy atom. The number of nitrogens with zero attached hydrogens (tertiary/aromatic N) is 2. The summed E-state index contributed by atoms with van der Waals surface area (Å²) < 4.78 is 0. The van der Waals surface area contributed by atoms with Crippen LogP contribution in [0.25, 0.3) is 0 Å². The molecule has 0 radical (unpaired) electrons. The fourth-order valence-corrected chi connectivity index (χ4v) is 1.49. The summed E-state index contributed by atoms with van der Waals surface area (Å²) in [5.41, 5.74) is 0.910. The molecule has 0 aliphatic heterocycles. The van der Waals surface area contributed by atoms with Crippen molar-refractivity contribution in [1.82, 2.24) is 9.97 Å². The fourth-order valence-electron chi connectivity index (χ4n) is 1.33. The Labute approximate surface area is 95.3 Å². The summed E-state index contributed by atoms with van der Waals surface area (Å²) in [6.45, 7) is 4.80. The molecule has 1 aliphatic carbocycles. The highest BCUT2D eigenvalue weighted by atomic mass is 32.1. The van der Waals surface area contributed by atoms with Crippen LogP contribution in [0.5, 0.6) is 0 Å². The number of hydrogen-bond acceptors (Lipinski definition) is 5. The van der Waals surface area contributed by atoms with Crippen LogP contribution >= 0.6 is 12.6 Å². The lowest BCUT2D eigenvalue weighted by atomic mass is 10.4. The Bertz CT molecular complexity index is 363. The van der Waals surface area contributed by atoms with Gasteiger partial charge >= 0.3 is 0 Å². The van der Waals surface area contributed by atoms with E-state index in [0.717, 1.165) is 23.0 Å². The van der Waals surface area contributed by atoms with Gasteiger partial charge in [0.15, 0.2) is 0 Å². The molecule has 1 heterocycles. The van der Waals surface area contributed by atoms with E-state index in [2.05, 4.69) is 33.2 Å². The van der Waals surface area contributed by atoms with Gasteiger partial charge in [-0.25, -0.2) is 4.98 Å². The van der Waals surface area contributed by atoms with Gasteiger partial charge in [0.25, 0.3) is 0 Å². The van der Waals surface area contributed by atoms with Crippen molar-refractivity contribution in [2.24, 2.45) is 0 Å². The summed E-state index contributed by atoms with van der Waals surface area (Å²) in [4.78, 5) is 9.56. The summed E-state index contributed by atoms with van der Waals surface area (Å²) in [6, 6.07) is 0.583. The molecule has 4 nitrogen and oxygen atoms in total. The second-order valence-electron chi connectivity index (χ2n) is 3.78. The van der Waals surface area contributed by atoms with E-state index in [1.807, 2.05) is 13.8 Å². The van der Waals surface area contributed by atoms with E-state index in [1.165, 1.54) is 12.8 Å². The maximum Gasteiger partial charge on any atom is 0.224 e. The molecule has 0 unspecified atom stereocenters. The molecule has 0 amide bonds. The van der Waals surface area contributed by atoms with E-state index < -0.39 is 0 Å². The minimum absolute atomic E-state index is 0.583. The van der Waals surface area contributed by atoms with Crippen molar-refractivity contribution in [3.8, 4) is 0 Å². The number of hydrogen-bond donors (Lipinski definition) is 3. The normalized spacial score (nSPS) is 15.1. The van der Waals surface area contributed by atoms with Crippen molar-refractivity contribution >= 4 is 24.4 Å². The van der Waals surface area contributed by atoms with Gasteiger partial charge in [0.1, 0.15) is 5.82 Å². The van der Waals surface area contributed by atoms with Gasteiger partial charge in [-0.2, -0.15) is 4.98 Å². The smallest absolute Gasteiger partial charge is 0.224 e. The number of rotatable bonds is 4. The molecule has 1 aromatic rings. The largest absolute Gasteiger partial charge is 0.366 e. The molecule has 82 valence electrons. The van der Waals surface area contributed by atoms with E-state index in [4.69, 9.17) is 0 Å². The summed E-state index contributed by atoms with van der Waals surface area (Å²) in [5.74, 6) is 1.53. The predicted octanol–water partition coefficient (Wildman–Crippen LogP) is 2.08. The monoisotopic (exact) mass is 224 g/mol. The number of anilines is 2. The number of aromatic nitrogens is 2. The van der Waals surface area contributed by atoms with Crippen LogP contribution in [0.2, 0.25) is 0 Å². The van der Waals surface area contributed by atoms with Crippen LogP contribution in [-0.4, -0.2) is 22.6 Å². The lowest BCUT2D eigenvalue weighted by molar-refractivity contribution is 0.982. The van der Waals surface area contributed by atoms with E-state index in [0.29, 0.717) is 12.0 Å². The van der Waals surface area contributed by atoms with Gasteiger partial charge in [0.05, 0.1) is 10.6 Å². The molecular weight excluding hydrogens is 208 g/mol. The van der Waals surface area contributed by atoms with E-state index in [-0.39, 0.29) is 0 Å². The maximum atomic E-state index is 4.41. The Morgan fingerprint density at radius 2 is 2.13 bits per heavy atom. The first-order valence-electron chi connectivity index (χ1n) is 5.28. The average molecular weight is 224 g/mol. The molecule has 0 aromatic carbocycles. The molecule has 2 N–H and O–H groups in total. The summed E-state index contributed by atoms with van der Waals surface area (Å²) in [5, 5.41) is 6.47. The highest BCUT2D eigenvalue weighted by Gasteiger charge is 2.23. The van der Waals surface area contributed by atoms with Crippen LogP contribution in [0.4, 0.5) is 11.8 Å².